The Labute approximate surface area is 122 Å². The summed E-state index contributed by atoms with van der Waals surface area (Å²) >= 11 is 2.56. The zero-order valence-corrected chi connectivity index (χ0v) is 13.1. The molecule has 2 saturated heterocycles. The van der Waals surface area contributed by atoms with E-state index in [4.69, 9.17) is 4.74 Å². The number of piperidine rings is 1. The molecule has 0 aliphatic carbocycles. The Morgan fingerprint density at radius 3 is 3.00 bits per heavy atom. The predicted molar refractivity (Wildman–Crippen MR) is 78.5 cm³/mol. The van der Waals surface area contributed by atoms with E-state index >= 15 is 0 Å². The smallest absolute Gasteiger partial charge is 0.216 e. The van der Waals surface area contributed by atoms with Gasteiger partial charge in [-0.1, -0.05) is 22.6 Å². The molecule has 4 unspecified atom stereocenters. The number of likely N-dealkylation sites (tertiary alicyclic amines) is 1. The summed E-state index contributed by atoms with van der Waals surface area (Å²) < 4.78 is 6.11. The van der Waals surface area contributed by atoms with Crippen LogP contribution in [0.5, 0.6) is 0 Å². The summed E-state index contributed by atoms with van der Waals surface area (Å²) in [6.45, 7) is 4.29. The number of methoxy groups -OCH3 is 1. The zero-order valence-electron chi connectivity index (χ0n) is 11.0. The van der Waals surface area contributed by atoms with Gasteiger partial charge in [-0.15, -0.1) is 0 Å². The van der Waals surface area contributed by atoms with Crippen LogP contribution in [0.3, 0.4) is 0 Å². The van der Waals surface area contributed by atoms with Gasteiger partial charge in [-0.3, -0.25) is 15.0 Å². The molecule has 0 aromatic rings. The fraction of sp³-hybridized carbons (Fsp3) is 0.917. The molecule has 0 bridgehead atoms. The van der Waals surface area contributed by atoms with Crippen LogP contribution in [-0.4, -0.2) is 53.9 Å². The topological polar surface area (TPSA) is 53.6 Å². The summed E-state index contributed by atoms with van der Waals surface area (Å²) in [4.78, 5) is 13.3. The largest absolute Gasteiger partial charge is 0.367 e. The second-order valence-corrected chi connectivity index (χ2v) is 6.67. The van der Waals surface area contributed by atoms with Gasteiger partial charge in [0, 0.05) is 43.5 Å². The van der Waals surface area contributed by atoms with E-state index in [1.807, 2.05) is 0 Å². The summed E-state index contributed by atoms with van der Waals surface area (Å²) in [5.41, 5.74) is 0. The van der Waals surface area contributed by atoms with Gasteiger partial charge in [0.1, 0.15) is 6.23 Å². The SMILES string of the molecule is COC1CCC2C(I)CN(CCNC(C)=O)C2N1. The molecule has 0 saturated carbocycles. The number of carbonyl (C=O) groups is 1. The van der Waals surface area contributed by atoms with Gasteiger partial charge in [-0.05, 0) is 12.8 Å². The maximum atomic E-state index is 10.9. The number of hydrogen-bond donors (Lipinski definition) is 2. The molecule has 18 heavy (non-hydrogen) atoms. The van der Waals surface area contributed by atoms with Crippen LogP contribution in [0.15, 0.2) is 0 Å². The van der Waals surface area contributed by atoms with Gasteiger partial charge in [-0.2, -0.15) is 0 Å². The predicted octanol–water partition coefficient (Wildman–Crippen LogP) is 0.540. The lowest BCUT2D eigenvalue weighted by molar-refractivity contribution is -0.119. The van der Waals surface area contributed by atoms with E-state index in [0.29, 0.717) is 16.0 Å². The number of carbonyl (C=O) groups excluding carboxylic acids is 1. The minimum atomic E-state index is 0.0446. The molecule has 0 radical (unpaired) electrons. The van der Waals surface area contributed by atoms with E-state index in [0.717, 1.165) is 26.1 Å². The molecule has 1 amide bonds. The van der Waals surface area contributed by atoms with Crippen molar-refractivity contribution in [2.24, 2.45) is 5.92 Å². The monoisotopic (exact) mass is 367 g/mol. The van der Waals surface area contributed by atoms with Crippen LogP contribution in [0, 0.1) is 5.92 Å². The quantitative estimate of drug-likeness (QED) is 0.563. The fourth-order valence-electron chi connectivity index (χ4n) is 2.92. The number of hydrogen-bond acceptors (Lipinski definition) is 4. The first-order chi connectivity index (χ1) is 8.61. The van der Waals surface area contributed by atoms with E-state index in [1.165, 1.54) is 6.42 Å². The van der Waals surface area contributed by atoms with Gasteiger partial charge in [0.25, 0.3) is 0 Å². The van der Waals surface area contributed by atoms with Crippen LogP contribution in [0.25, 0.3) is 0 Å². The van der Waals surface area contributed by atoms with E-state index in [-0.39, 0.29) is 12.1 Å². The minimum absolute atomic E-state index is 0.0446. The molecule has 104 valence electrons. The standard InChI is InChI=1S/C12H22IN3O2/c1-8(17)14-5-6-16-7-10(13)9-3-4-11(18-2)15-12(9)16/h9-12,15H,3-7H2,1-2H3,(H,14,17). The van der Waals surface area contributed by atoms with Gasteiger partial charge < -0.3 is 10.1 Å². The Morgan fingerprint density at radius 2 is 2.33 bits per heavy atom. The summed E-state index contributed by atoms with van der Waals surface area (Å²) in [7, 11) is 1.76. The van der Waals surface area contributed by atoms with E-state index in [1.54, 1.807) is 14.0 Å². The molecule has 2 rings (SSSR count). The Morgan fingerprint density at radius 1 is 1.56 bits per heavy atom. The van der Waals surface area contributed by atoms with Crippen molar-refractivity contribution >= 4 is 28.5 Å². The second-order valence-electron chi connectivity index (χ2n) is 5.07. The van der Waals surface area contributed by atoms with Gasteiger partial charge >= 0.3 is 0 Å². The van der Waals surface area contributed by atoms with Crippen LogP contribution in [0.2, 0.25) is 0 Å². The first-order valence-electron chi connectivity index (χ1n) is 6.53. The zero-order chi connectivity index (χ0) is 13.1. The lowest BCUT2D eigenvalue weighted by Crippen LogP contribution is -2.54. The average molecular weight is 367 g/mol. The molecular weight excluding hydrogens is 345 g/mol. The number of halogens is 1. The van der Waals surface area contributed by atoms with Crippen LogP contribution in [-0.2, 0) is 9.53 Å². The maximum Gasteiger partial charge on any atom is 0.216 e. The number of rotatable bonds is 4. The van der Waals surface area contributed by atoms with Crippen molar-refractivity contribution in [1.29, 1.82) is 0 Å². The third-order valence-corrected chi connectivity index (χ3v) is 5.17. The molecule has 5 nitrogen and oxygen atoms in total. The summed E-state index contributed by atoms with van der Waals surface area (Å²) in [6, 6.07) is 0. The molecule has 2 heterocycles. The van der Waals surface area contributed by atoms with Crippen molar-refractivity contribution in [2.45, 2.75) is 36.1 Å². The molecule has 0 aromatic carbocycles. The summed E-state index contributed by atoms with van der Waals surface area (Å²) in [5.74, 6) is 0.748. The summed E-state index contributed by atoms with van der Waals surface area (Å²) in [6.07, 6.45) is 2.90. The van der Waals surface area contributed by atoms with Crippen molar-refractivity contribution in [3.63, 3.8) is 0 Å². The number of nitrogens with one attached hydrogen (secondary N) is 2. The highest BCUT2D eigenvalue weighted by molar-refractivity contribution is 14.1. The Balaban J connectivity index is 1.88. The van der Waals surface area contributed by atoms with Gasteiger partial charge in [-0.25, -0.2) is 0 Å². The molecule has 2 aliphatic rings. The Kier molecular flexibility index (Phi) is 5.23. The van der Waals surface area contributed by atoms with Crippen LogP contribution in [0.4, 0.5) is 0 Å². The van der Waals surface area contributed by atoms with Crippen LogP contribution in [0.1, 0.15) is 19.8 Å². The lowest BCUT2D eigenvalue weighted by Gasteiger charge is -2.37. The normalized spacial score (nSPS) is 36.4. The van der Waals surface area contributed by atoms with Gasteiger partial charge in [0.15, 0.2) is 0 Å². The number of alkyl halides is 1. The lowest BCUT2D eigenvalue weighted by atomic mass is 9.95. The highest BCUT2D eigenvalue weighted by Crippen LogP contribution is 2.35. The Bertz CT molecular complexity index is 303. The highest BCUT2D eigenvalue weighted by atomic mass is 127. The molecule has 2 fully saturated rings. The van der Waals surface area contributed by atoms with Crippen LogP contribution >= 0.6 is 22.6 Å². The summed E-state index contributed by atoms with van der Waals surface area (Å²) in [5, 5.41) is 6.44. The van der Waals surface area contributed by atoms with Gasteiger partial charge in [0.05, 0.1) is 6.17 Å². The maximum absolute atomic E-state index is 10.9. The van der Waals surface area contributed by atoms with Crippen molar-refractivity contribution in [2.75, 3.05) is 26.7 Å². The Hall–Kier alpha value is 0.0800. The molecule has 0 aromatic heterocycles. The molecule has 2 N–H and O–H groups in total. The fourth-order valence-corrected chi connectivity index (χ4v) is 4.18. The molecule has 0 spiro atoms. The second kappa shape index (κ2) is 6.49. The van der Waals surface area contributed by atoms with Crippen molar-refractivity contribution in [3.05, 3.63) is 0 Å². The van der Waals surface area contributed by atoms with E-state index in [9.17, 15) is 4.79 Å². The molecule has 4 atom stereocenters. The number of nitrogens with zero attached hydrogens (tertiary/aromatic N) is 1. The van der Waals surface area contributed by atoms with Crippen molar-refractivity contribution in [1.82, 2.24) is 15.5 Å². The first-order valence-corrected chi connectivity index (χ1v) is 7.77. The van der Waals surface area contributed by atoms with E-state index < -0.39 is 0 Å². The minimum Gasteiger partial charge on any atom is -0.367 e. The third-order valence-electron chi connectivity index (χ3n) is 3.85. The number of ether oxygens (including phenoxy) is 1. The molecule has 2 aliphatic heterocycles. The van der Waals surface area contributed by atoms with E-state index in [2.05, 4.69) is 38.1 Å². The van der Waals surface area contributed by atoms with Crippen LogP contribution < -0.4 is 10.6 Å². The number of amides is 1. The number of fused-ring (bicyclic) bond motifs is 1. The third kappa shape index (κ3) is 3.34. The molecule has 6 heteroatoms. The average Bonchev–Trinajstić information content (AvgIpc) is 2.65. The molecular formula is C12H22IN3O2. The van der Waals surface area contributed by atoms with Crippen molar-refractivity contribution < 1.29 is 9.53 Å². The van der Waals surface area contributed by atoms with Crippen molar-refractivity contribution in [3.8, 4) is 0 Å². The highest BCUT2D eigenvalue weighted by Gasteiger charge is 2.43. The first kappa shape index (κ1) is 14.5. The van der Waals surface area contributed by atoms with Gasteiger partial charge in [0.2, 0.25) is 5.91 Å².